The normalized spacial score (nSPS) is 13.0. The lowest BCUT2D eigenvalue weighted by molar-refractivity contribution is -0.152. The molecule has 10 nitrogen and oxygen atoms in total. The van der Waals surface area contributed by atoms with Crippen LogP contribution in [0.2, 0.25) is 0 Å². The number of anilines is 1. The van der Waals surface area contributed by atoms with Crippen LogP contribution in [0.5, 0.6) is 11.5 Å². The number of hydrogen-bond donors (Lipinski definition) is 2. The van der Waals surface area contributed by atoms with Gasteiger partial charge in [0.05, 0.1) is 0 Å². The highest BCUT2D eigenvalue weighted by atomic mass is 16.7. The monoisotopic (exact) mass is 375 g/mol. The summed E-state index contributed by atoms with van der Waals surface area (Å²) in [6, 6.07) is 6.19. The molecule has 0 radical (unpaired) electrons. The summed E-state index contributed by atoms with van der Waals surface area (Å²) >= 11 is 0. The van der Waals surface area contributed by atoms with Crippen LogP contribution in [-0.4, -0.2) is 42.4 Å². The number of carbonyl (C=O) groups is 3. The maximum Gasteiger partial charge on any atom is 0.326 e. The molecule has 0 fully saturated rings. The second-order valence-corrected chi connectivity index (χ2v) is 5.69. The van der Waals surface area contributed by atoms with E-state index >= 15 is 0 Å². The molecular weight excluding hydrogens is 358 g/mol. The molecule has 0 saturated carbocycles. The Balaban J connectivity index is 1.46. The number of ether oxygens (including phenoxy) is 3. The van der Waals surface area contributed by atoms with Gasteiger partial charge < -0.3 is 29.4 Å². The highest BCUT2D eigenvalue weighted by molar-refractivity contribution is 5.97. The Kier molecular flexibility index (Phi) is 5.25. The molecule has 1 aromatic carbocycles. The fraction of sp³-hybridized carbons (Fsp3) is 0.294. The van der Waals surface area contributed by atoms with Gasteiger partial charge in [0.15, 0.2) is 23.4 Å². The molecule has 0 unspecified atom stereocenters. The quantitative estimate of drug-likeness (QED) is 0.716. The molecule has 10 heteroatoms. The van der Waals surface area contributed by atoms with E-state index < -0.39 is 30.4 Å². The van der Waals surface area contributed by atoms with Crippen LogP contribution < -0.4 is 20.1 Å². The minimum Gasteiger partial charge on any atom is -0.454 e. The molecule has 142 valence electrons. The van der Waals surface area contributed by atoms with Gasteiger partial charge in [-0.25, -0.2) is 0 Å². The first kappa shape index (κ1) is 18.2. The number of carbonyl (C=O) groups excluding carboxylic acids is 3. The summed E-state index contributed by atoms with van der Waals surface area (Å²) < 4.78 is 20.2. The van der Waals surface area contributed by atoms with Crippen LogP contribution in [0, 0.1) is 6.92 Å². The molecule has 1 aliphatic rings. The fourth-order valence-electron chi connectivity index (χ4n) is 2.24. The molecule has 3 rings (SSSR count). The topological polar surface area (TPSA) is 129 Å². The van der Waals surface area contributed by atoms with E-state index in [2.05, 4.69) is 15.8 Å². The third kappa shape index (κ3) is 4.54. The first-order chi connectivity index (χ1) is 12.9. The van der Waals surface area contributed by atoms with E-state index in [0.29, 0.717) is 22.8 Å². The summed E-state index contributed by atoms with van der Waals surface area (Å²) in [5, 5.41) is 8.48. The van der Waals surface area contributed by atoms with E-state index in [1.807, 2.05) is 0 Å². The summed E-state index contributed by atoms with van der Waals surface area (Å²) in [6.07, 6.45) is -1.07. The molecule has 0 bridgehead atoms. The van der Waals surface area contributed by atoms with Gasteiger partial charge in [-0.3, -0.25) is 14.4 Å². The predicted molar refractivity (Wildman–Crippen MR) is 90.3 cm³/mol. The van der Waals surface area contributed by atoms with Crippen LogP contribution in [0.15, 0.2) is 28.8 Å². The Morgan fingerprint density at radius 1 is 1.22 bits per heavy atom. The predicted octanol–water partition coefficient (Wildman–Crippen LogP) is 1.01. The Hall–Kier alpha value is -3.56. The van der Waals surface area contributed by atoms with Gasteiger partial charge in [-0.1, -0.05) is 5.16 Å². The minimum absolute atomic E-state index is 0.0978. The Morgan fingerprint density at radius 2 is 2.00 bits per heavy atom. The van der Waals surface area contributed by atoms with E-state index in [1.54, 1.807) is 19.1 Å². The lowest BCUT2D eigenvalue weighted by Gasteiger charge is -2.12. The van der Waals surface area contributed by atoms with Crippen molar-refractivity contribution >= 4 is 23.6 Å². The van der Waals surface area contributed by atoms with Gasteiger partial charge >= 0.3 is 5.97 Å². The standard InChI is InChI=1S/C17H17N3O7/c1-9-5-14(20-27-9)19-16(22)10(2)26-15(21)7-18-17(23)11-3-4-12-13(6-11)25-8-24-12/h3-6,10H,7-8H2,1-2H3,(H,18,23)(H,19,20,22)/t10-/m1/s1. The Bertz CT molecular complexity index is 877. The SMILES string of the molecule is Cc1cc(NC(=O)[C@@H](C)OC(=O)CNC(=O)c2ccc3c(c2)OCO3)no1. The molecule has 2 aromatic rings. The van der Waals surface area contributed by atoms with Crippen molar-refractivity contribution in [2.75, 3.05) is 18.7 Å². The highest BCUT2D eigenvalue weighted by Gasteiger charge is 2.20. The molecule has 1 aromatic heterocycles. The molecule has 27 heavy (non-hydrogen) atoms. The van der Waals surface area contributed by atoms with Crippen molar-refractivity contribution in [3.63, 3.8) is 0 Å². The zero-order chi connectivity index (χ0) is 19.4. The van der Waals surface area contributed by atoms with Crippen LogP contribution in [0.25, 0.3) is 0 Å². The van der Waals surface area contributed by atoms with E-state index in [-0.39, 0.29) is 12.6 Å². The van der Waals surface area contributed by atoms with Crippen molar-refractivity contribution in [2.24, 2.45) is 0 Å². The van der Waals surface area contributed by atoms with Crippen molar-refractivity contribution in [3.05, 3.63) is 35.6 Å². The third-order valence-corrected chi connectivity index (χ3v) is 3.58. The van der Waals surface area contributed by atoms with Gasteiger partial charge in [0.25, 0.3) is 11.8 Å². The van der Waals surface area contributed by atoms with Crippen molar-refractivity contribution in [1.82, 2.24) is 10.5 Å². The molecular formula is C17H17N3O7. The van der Waals surface area contributed by atoms with Crippen LogP contribution in [-0.2, 0) is 14.3 Å². The van der Waals surface area contributed by atoms with E-state index in [9.17, 15) is 14.4 Å². The number of hydrogen-bond acceptors (Lipinski definition) is 8. The Morgan fingerprint density at radius 3 is 2.74 bits per heavy atom. The first-order valence-electron chi connectivity index (χ1n) is 8.04. The second kappa shape index (κ2) is 7.77. The van der Waals surface area contributed by atoms with Crippen molar-refractivity contribution in [1.29, 1.82) is 0 Å². The van der Waals surface area contributed by atoms with Crippen LogP contribution in [0.4, 0.5) is 5.82 Å². The van der Waals surface area contributed by atoms with Crippen LogP contribution in [0.3, 0.4) is 0 Å². The van der Waals surface area contributed by atoms with Crippen molar-refractivity contribution < 1.29 is 33.1 Å². The number of rotatable bonds is 6. The average molecular weight is 375 g/mol. The number of aromatic nitrogens is 1. The van der Waals surface area contributed by atoms with Gasteiger partial charge in [0.2, 0.25) is 6.79 Å². The smallest absolute Gasteiger partial charge is 0.326 e. The maximum atomic E-state index is 12.1. The number of nitrogens with zero attached hydrogens (tertiary/aromatic N) is 1. The molecule has 1 atom stereocenters. The van der Waals surface area contributed by atoms with Crippen LogP contribution >= 0.6 is 0 Å². The van der Waals surface area contributed by atoms with E-state index in [4.69, 9.17) is 18.7 Å². The van der Waals surface area contributed by atoms with Crippen molar-refractivity contribution in [2.45, 2.75) is 20.0 Å². The lowest BCUT2D eigenvalue weighted by atomic mass is 10.2. The van der Waals surface area contributed by atoms with Gasteiger partial charge in [0.1, 0.15) is 12.3 Å². The summed E-state index contributed by atoms with van der Waals surface area (Å²) in [5.41, 5.74) is 0.305. The summed E-state index contributed by atoms with van der Waals surface area (Å²) in [6.45, 7) is 2.78. The van der Waals surface area contributed by atoms with Gasteiger partial charge in [-0.15, -0.1) is 0 Å². The molecule has 2 N–H and O–H groups in total. The summed E-state index contributed by atoms with van der Waals surface area (Å²) in [7, 11) is 0. The molecule has 2 heterocycles. The highest BCUT2D eigenvalue weighted by Crippen LogP contribution is 2.32. The zero-order valence-electron chi connectivity index (χ0n) is 14.6. The average Bonchev–Trinajstić information content (AvgIpc) is 3.27. The molecule has 0 aliphatic carbocycles. The van der Waals surface area contributed by atoms with Crippen LogP contribution in [0.1, 0.15) is 23.0 Å². The molecule has 0 saturated heterocycles. The fourth-order valence-corrected chi connectivity index (χ4v) is 2.24. The van der Waals surface area contributed by atoms with Crippen molar-refractivity contribution in [3.8, 4) is 11.5 Å². The summed E-state index contributed by atoms with van der Waals surface area (Å²) in [4.78, 5) is 35.9. The largest absolute Gasteiger partial charge is 0.454 e. The molecule has 2 amide bonds. The number of fused-ring (bicyclic) bond motifs is 1. The number of amides is 2. The third-order valence-electron chi connectivity index (χ3n) is 3.58. The molecule has 0 spiro atoms. The number of aryl methyl sites for hydroxylation is 1. The lowest BCUT2D eigenvalue weighted by Crippen LogP contribution is -2.35. The summed E-state index contributed by atoms with van der Waals surface area (Å²) in [5.74, 6) is -0.0633. The maximum absolute atomic E-state index is 12.1. The van der Waals surface area contributed by atoms with Gasteiger partial charge in [0, 0.05) is 11.6 Å². The van der Waals surface area contributed by atoms with E-state index in [1.165, 1.54) is 19.1 Å². The minimum atomic E-state index is -1.07. The second-order valence-electron chi connectivity index (χ2n) is 5.69. The number of esters is 1. The zero-order valence-corrected chi connectivity index (χ0v) is 14.6. The first-order valence-corrected chi connectivity index (χ1v) is 8.04. The van der Waals surface area contributed by atoms with E-state index in [0.717, 1.165) is 0 Å². The molecule has 1 aliphatic heterocycles. The Labute approximate surface area is 153 Å². The number of benzene rings is 1. The number of nitrogens with one attached hydrogen (secondary N) is 2. The van der Waals surface area contributed by atoms with Gasteiger partial charge in [-0.2, -0.15) is 0 Å². The van der Waals surface area contributed by atoms with Gasteiger partial charge in [-0.05, 0) is 32.0 Å².